The number of alkyl halides is 2. The van der Waals surface area contributed by atoms with Crippen LogP contribution in [0.3, 0.4) is 0 Å². The Morgan fingerprint density at radius 3 is 2.25 bits per heavy atom. The van der Waals surface area contributed by atoms with Crippen molar-refractivity contribution in [1.82, 2.24) is 10.2 Å². The van der Waals surface area contributed by atoms with Crippen LogP contribution >= 0.6 is 24.8 Å². The summed E-state index contributed by atoms with van der Waals surface area (Å²) in [5.41, 5.74) is 1.19. The van der Waals surface area contributed by atoms with E-state index in [2.05, 4.69) is 21.9 Å². The van der Waals surface area contributed by atoms with E-state index in [4.69, 9.17) is 0 Å². The van der Waals surface area contributed by atoms with Gasteiger partial charge in [0.05, 0.1) is 0 Å². The molecule has 1 atom stereocenters. The van der Waals surface area contributed by atoms with Gasteiger partial charge in [-0.05, 0) is 24.1 Å². The lowest BCUT2D eigenvalue weighted by atomic mass is 9.98. The molecule has 24 heavy (non-hydrogen) atoms. The van der Waals surface area contributed by atoms with Gasteiger partial charge in [-0.3, -0.25) is 4.90 Å². The van der Waals surface area contributed by atoms with Crippen molar-refractivity contribution in [2.45, 2.75) is 45.3 Å². The summed E-state index contributed by atoms with van der Waals surface area (Å²) in [6.07, 6.45) is 4.74. The Kier molecular flexibility index (Phi) is 12.4. The highest BCUT2D eigenvalue weighted by Gasteiger charge is 2.21. The lowest BCUT2D eigenvalue weighted by Gasteiger charge is -2.35. The number of nitrogens with zero attached hydrogens (tertiary/aromatic N) is 1. The Balaban J connectivity index is 0.00000264. The smallest absolute Gasteiger partial charge is 0.387 e. The van der Waals surface area contributed by atoms with E-state index in [1.165, 1.54) is 24.8 Å². The van der Waals surface area contributed by atoms with E-state index in [9.17, 15) is 8.78 Å². The summed E-state index contributed by atoms with van der Waals surface area (Å²) in [5, 5.41) is 3.37. The topological polar surface area (TPSA) is 24.5 Å². The Morgan fingerprint density at radius 1 is 1.08 bits per heavy atom. The summed E-state index contributed by atoms with van der Waals surface area (Å²) in [6, 6.07) is 7.52. The van der Waals surface area contributed by atoms with Gasteiger partial charge in [0.25, 0.3) is 0 Å². The number of benzene rings is 1. The molecular formula is C17H28Cl2F2N2O. The quantitative estimate of drug-likeness (QED) is 0.659. The summed E-state index contributed by atoms with van der Waals surface area (Å²) >= 11 is 0. The SMILES string of the molecule is CCCCC[C@@H](c1ccc(OC(F)F)cc1)N1CCNCC1.Cl.Cl. The molecule has 0 unspecified atom stereocenters. The maximum absolute atomic E-state index is 12.2. The Hall–Kier alpha value is -0.620. The van der Waals surface area contributed by atoms with Crippen LogP contribution in [-0.4, -0.2) is 37.7 Å². The van der Waals surface area contributed by atoms with E-state index >= 15 is 0 Å². The van der Waals surface area contributed by atoms with Gasteiger partial charge in [-0.1, -0.05) is 38.3 Å². The number of unbranched alkanes of at least 4 members (excludes halogenated alkanes) is 2. The number of nitrogens with one attached hydrogen (secondary N) is 1. The number of ether oxygens (including phenoxy) is 1. The second kappa shape index (κ2) is 12.7. The Morgan fingerprint density at radius 2 is 1.71 bits per heavy atom. The molecule has 1 N–H and O–H groups in total. The largest absolute Gasteiger partial charge is 0.435 e. The first-order chi connectivity index (χ1) is 10.7. The fourth-order valence-corrected chi connectivity index (χ4v) is 3.01. The van der Waals surface area contributed by atoms with Crippen molar-refractivity contribution in [2.24, 2.45) is 0 Å². The fraction of sp³-hybridized carbons (Fsp3) is 0.647. The second-order valence-electron chi connectivity index (χ2n) is 5.75. The van der Waals surface area contributed by atoms with Crippen LogP contribution in [0.15, 0.2) is 24.3 Å². The van der Waals surface area contributed by atoms with Crippen molar-refractivity contribution in [3.8, 4) is 5.75 Å². The zero-order valence-electron chi connectivity index (χ0n) is 14.0. The summed E-state index contributed by atoms with van der Waals surface area (Å²) in [4.78, 5) is 2.50. The van der Waals surface area contributed by atoms with Gasteiger partial charge in [0, 0.05) is 32.2 Å². The minimum atomic E-state index is -2.76. The zero-order valence-corrected chi connectivity index (χ0v) is 15.7. The van der Waals surface area contributed by atoms with Gasteiger partial charge < -0.3 is 10.1 Å². The summed E-state index contributed by atoms with van der Waals surface area (Å²) in [5.74, 6) is 0.228. The molecule has 0 amide bonds. The summed E-state index contributed by atoms with van der Waals surface area (Å²) in [7, 11) is 0. The van der Waals surface area contributed by atoms with Gasteiger partial charge in [0.2, 0.25) is 0 Å². The normalized spacial score (nSPS) is 16.2. The first kappa shape index (κ1) is 23.4. The van der Waals surface area contributed by atoms with Crippen molar-refractivity contribution >= 4 is 24.8 Å². The second-order valence-corrected chi connectivity index (χ2v) is 5.75. The highest BCUT2D eigenvalue weighted by Crippen LogP contribution is 2.28. The molecule has 2 rings (SSSR count). The van der Waals surface area contributed by atoms with E-state index in [0.29, 0.717) is 6.04 Å². The van der Waals surface area contributed by atoms with Crippen LogP contribution < -0.4 is 10.1 Å². The molecule has 0 spiro atoms. The summed E-state index contributed by atoms with van der Waals surface area (Å²) < 4.78 is 28.9. The minimum Gasteiger partial charge on any atom is -0.435 e. The van der Waals surface area contributed by atoms with E-state index in [1.807, 2.05) is 12.1 Å². The number of hydrogen-bond donors (Lipinski definition) is 1. The number of piperazine rings is 1. The van der Waals surface area contributed by atoms with Crippen molar-refractivity contribution < 1.29 is 13.5 Å². The van der Waals surface area contributed by atoms with Gasteiger partial charge in [-0.25, -0.2) is 0 Å². The molecule has 0 aliphatic carbocycles. The van der Waals surface area contributed by atoms with Gasteiger partial charge in [-0.15, -0.1) is 24.8 Å². The van der Waals surface area contributed by atoms with Crippen LogP contribution in [0.2, 0.25) is 0 Å². The number of hydrogen-bond acceptors (Lipinski definition) is 3. The van der Waals surface area contributed by atoms with Crippen LogP contribution in [-0.2, 0) is 0 Å². The monoisotopic (exact) mass is 384 g/mol. The maximum atomic E-state index is 12.2. The molecule has 1 heterocycles. The van der Waals surface area contributed by atoms with Crippen molar-refractivity contribution in [1.29, 1.82) is 0 Å². The average Bonchev–Trinajstić information content (AvgIpc) is 2.53. The van der Waals surface area contributed by atoms with Gasteiger partial charge in [-0.2, -0.15) is 8.78 Å². The van der Waals surface area contributed by atoms with Gasteiger partial charge in [0.15, 0.2) is 0 Å². The molecule has 1 aliphatic heterocycles. The first-order valence-electron chi connectivity index (χ1n) is 8.20. The van der Waals surface area contributed by atoms with Crippen molar-refractivity contribution in [3.63, 3.8) is 0 Å². The molecule has 0 saturated carbocycles. The first-order valence-corrected chi connectivity index (χ1v) is 8.20. The molecule has 0 radical (unpaired) electrons. The predicted molar refractivity (Wildman–Crippen MR) is 98.9 cm³/mol. The molecular weight excluding hydrogens is 357 g/mol. The number of halogens is 4. The van der Waals surface area contributed by atoms with Crippen LogP contribution in [0.1, 0.15) is 44.2 Å². The fourth-order valence-electron chi connectivity index (χ4n) is 3.01. The standard InChI is InChI=1S/C17H26F2N2O.2ClH/c1-2-3-4-5-16(21-12-10-20-11-13-21)14-6-8-15(9-7-14)22-17(18)19;;/h6-9,16-17,20H,2-5,10-13H2,1H3;2*1H/t16-;;/m0../s1. The molecule has 1 aliphatic rings. The van der Waals surface area contributed by atoms with Gasteiger partial charge in [0.1, 0.15) is 5.75 Å². The summed E-state index contributed by atoms with van der Waals surface area (Å²) in [6.45, 7) is 3.53. The molecule has 1 saturated heterocycles. The molecule has 3 nitrogen and oxygen atoms in total. The lowest BCUT2D eigenvalue weighted by Crippen LogP contribution is -2.45. The molecule has 7 heteroatoms. The van der Waals surface area contributed by atoms with Crippen LogP contribution in [0.5, 0.6) is 5.75 Å². The van der Waals surface area contributed by atoms with E-state index < -0.39 is 6.61 Å². The highest BCUT2D eigenvalue weighted by atomic mass is 35.5. The number of rotatable bonds is 8. The van der Waals surface area contributed by atoms with Crippen molar-refractivity contribution in [2.75, 3.05) is 26.2 Å². The third-order valence-electron chi connectivity index (χ3n) is 4.16. The molecule has 0 aromatic heterocycles. The molecule has 140 valence electrons. The molecule has 1 aromatic carbocycles. The van der Waals surface area contributed by atoms with Crippen molar-refractivity contribution in [3.05, 3.63) is 29.8 Å². The average molecular weight is 385 g/mol. The Labute approximate surface area is 156 Å². The highest BCUT2D eigenvalue weighted by molar-refractivity contribution is 5.85. The predicted octanol–water partition coefficient (Wildman–Crippen LogP) is 4.66. The van der Waals surface area contributed by atoms with E-state index in [1.54, 1.807) is 12.1 Å². The third kappa shape index (κ3) is 7.51. The van der Waals surface area contributed by atoms with E-state index in [0.717, 1.165) is 32.6 Å². The Bertz CT molecular complexity index is 429. The van der Waals surface area contributed by atoms with Gasteiger partial charge >= 0.3 is 6.61 Å². The lowest BCUT2D eigenvalue weighted by molar-refractivity contribution is -0.0498. The molecule has 1 fully saturated rings. The third-order valence-corrected chi connectivity index (χ3v) is 4.16. The zero-order chi connectivity index (χ0) is 15.8. The maximum Gasteiger partial charge on any atom is 0.387 e. The molecule has 0 bridgehead atoms. The minimum absolute atomic E-state index is 0. The molecule has 1 aromatic rings. The van der Waals surface area contributed by atoms with Crippen LogP contribution in [0.25, 0.3) is 0 Å². The van der Waals surface area contributed by atoms with Crippen LogP contribution in [0.4, 0.5) is 8.78 Å². The van der Waals surface area contributed by atoms with Crippen LogP contribution in [0, 0.1) is 0 Å². The van der Waals surface area contributed by atoms with E-state index in [-0.39, 0.29) is 30.6 Å².